The van der Waals surface area contributed by atoms with Crippen LogP contribution >= 0.6 is 27.5 Å². The molecule has 0 aliphatic carbocycles. The van der Waals surface area contributed by atoms with Gasteiger partial charge in [0, 0.05) is 17.0 Å². The summed E-state index contributed by atoms with van der Waals surface area (Å²) in [6.07, 6.45) is 1.82. The molecule has 180 valence electrons. The highest BCUT2D eigenvalue weighted by atomic mass is 79.9. The van der Waals surface area contributed by atoms with Crippen molar-refractivity contribution < 1.29 is 28.2 Å². The zero-order valence-corrected chi connectivity index (χ0v) is 20.9. The normalized spacial score (nSPS) is 10.7. The van der Waals surface area contributed by atoms with Crippen LogP contribution in [-0.4, -0.2) is 19.7 Å². The number of hydrogen-bond donors (Lipinski definition) is 0. The van der Waals surface area contributed by atoms with Crippen LogP contribution < -0.4 is 24.4 Å². The molecule has 7 nitrogen and oxygen atoms in total. The molecule has 4 rings (SSSR count). The Hall–Kier alpha value is -3.49. The standard InChI is InChI=1S/C26H20BrClO7/c1-31-17-5-7-18(8-6-17)34-24-15-33-23-14-19(9-10-20(23)26(24)30)35-25(29)3-2-12-32-22-11-4-16(27)13-21(22)28/h4-11,13-15H,2-3,12H2,1H3. The lowest BCUT2D eigenvalue weighted by atomic mass is 10.2. The number of esters is 1. The van der Waals surface area contributed by atoms with Gasteiger partial charge in [0.15, 0.2) is 0 Å². The number of rotatable bonds is 9. The van der Waals surface area contributed by atoms with Crippen molar-refractivity contribution in [2.75, 3.05) is 13.7 Å². The fourth-order valence-electron chi connectivity index (χ4n) is 3.17. The predicted molar refractivity (Wildman–Crippen MR) is 135 cm³/mol. The number of methoxy groups -OCH3 is 1. The first-order valence-corrected chi connectivity index (χ1v) is 11.8. The van der Waals surface area contributed by atoms with Gasteiger partial charge >= 0.3 is 5.97 Å². The Morgan fingerprint density at radius 2 is 1.71 bits per heavy atom. The smallest absolute Gasteiger partial charge is 0.311 e. The Kier molecular flexibility index (Phi) is 7.94. The van der Waals surface area contributed by atoms with E-state index in [2.05, 4.69) is 15.9 Å². The number of halogens is 2. The quantitative estimate of drug-likeness (QED) is 0.127. The highest BCUT2D eigenvalue weighted by Crippen LogP contribution is 2.28. The lowest BCUT2D eigenvalue weighted by Gasteiger charge is -2.09. The largest absolute Gasteiger partial charge is 0.497 e. The van der Waals surface area contributed by atoms with Crippen molar-refractivity contribution in [3.63, 3.8) is 0 Å². The van der Waals surface area contributed by atoms with Crippen LogP contribution in [0.15, 0.2) is 80.6 Å². The molecule has 35 heavy (non-hydrogen) atoms. The van der Waals surface area contributed by atoms with Gasteiger partial charge in [0.25, 0.3) is 0 Å². The molecule has 9 heteroatoms. The summed E-state index contributed by atoms with van der Waals surface area (Å²) in [6, 6.07) is 16.7. The van der Waals surface area contributed by atoms with E-state index in [-0.39, 0.29) is 28.9 Å². The van der Waals surface area contributed by atoms with Crippen molar-refractivity contribution >= 4 is 44.5 Å². The first-order valence-electron chi connectivity index (χ1n) is 10.6. The molecule has 0 unspecified atom stereocenters. The number of ether oxygens (including phenoxy) is 4. The molecule has 3 aromatic carbocycles. The van der Waals surface area contributed by atoms with Crippen molar-refractivity contribution in [1.29, 1.82) is 0 Å². The second-order valence-corrected chi connectivity index (χ2v) is 8.69. The molecule has 0 aliphatic heterocycles. The van der Waals surface area contributed by atoms with Crippen LogP contribution in [0.25, 0.3) is 11.0 Å². The maximum absolute atomic E-state index is 12.8. The molecule has 0 radical (unpaired) electrons. The molecule has 0 amide bonds. The third-order valence-electron chi connectivity index (χ3n) is 4.91. The van der Waals surface area contributed by atoms with E-state index in [1.54, 1.807) is 43.5 Å². The lowest BCUT2D eigenvalue weighted by molar-refractivity contribution is -0.134. The number of carbonyl (C=O) groups is 1. The van der Waals surface area contributed by atoms with E-state index >= 15 is 0 Å². The van der Waals surface area contributed by atoms with Crippen LogP contribution in [0.3, 0.4) is 0 Å². The van der Waals surface area contributed by atoms with Crippen molar-refractivity contribution in [2.24, 2.45) is 0 Å². The van der Waals surface area contributed by atoms with Gasteiger partial charge in [0.2, 0.25) is 11.2 Å². The van der Waals surface area contributed by atoms with Crippen LogP contribution in [0.5, 0.6) is 28.7 Å². The van der Waals surface area contributed by atoms with Crippen molar-refractivity contribution in [1.82, 2.24) is 0 Å². The van der Waals surface area contributed by atoms with Crippen LogP contribution in [0.2, 0.25) is 5.02 Å². The highest BCUT2D eigenvalue weighted by Gasteiger charge is 2.12. The fraction of sp³-hybridized carbons (Fsp3) is 0.154. The molecule has 1 aromatic heterocycles. The Morgan fingerprint density at radius 1 is 0.971 bits per heavy atom. The molecule has 0 fully saturated rings. The van der Waals surface area contributed by atoms with Gasteiger partial charge in [-0.05, 0) is 61.0 Å². The third kappa shape index (κ3) is 6.35. The van der Waals surface area contributed by atoms with E-state index in [1.165, 1.54) is 24.5 Å². The zero-order chi connectivity index (χ0) is 24.8. The first kappa shape index (κ1) is 24.6. The lowest BCUT2D eigenvalue weighted by Crippen LogP contribution is -2.10. The highest BCUT2D eigenvalue weighted by molar-refractivity contribution is 9.10. The fourth-order valence-corrected chi connectivity index (χ4v) is 3.90. The van der Waals surface area contributed by atoms with Gasteiger partial charge in [-0.25, -0.2) is 0 Å². The molecular weight excluding hydrogens is 540 g/mol. The molecule has 0 aliphatic rings. The van der Waals surface area contributed by atoms with E-state index in [0.717, 1.165) is 4.47 Å². The Labute approximate surface area is 214 Å². The minimum absolute atomic E-state index is 0.0401. The van der Waals surface area contributed by atoms with Gasteiger partial charge in [-0.1, -0.05) is 27.5 Å². The third-order valence-corrected chi connectivity index (χ3v) is 5.70. The second-order valence-electron chi connectivity index (χ2n) is 7.37. The van der Waals surface area contributed by atoms with Crippen LogP contribution in [0.1, 0.15) is 12.8 Å². The van der Waals surface area contributed by atoms with Gasteiger partial charge < -0.3 is 23.4 Å². The van der Waals surface area contributed by atoms with E-state index in [9.17, 15) is 9.59 Å². The predicted octanol–water partition coefficient (Wildman–Crippen LogP) is 6.77. The topological polar surface area (TPSA) is 84.2 Å². The minimum Gasteiger partial charge on any atom is -0.497 e. The number of hydrogen-bond acceptors (Lipinski definition) is 7. The maximum Gasteiger partial charge on any atom is 0.311 e. The van der Waals surface area contributed by atoms with E-state index < -0.39 is 5.97 Å². The van der Waals surface area contributed by atoms with Gasteiger partial charge in [-0.3, -0.25) is 9.59 Å². The summed E-state index contributed by atoms with van der Waals surface area (Å²) in [7, 11) is 1.56. The molecule has 0 saturated heterocycles. The van der Waals surface area contributed by atoms with E-state index in [0.29, 0.717) is 40.7 Å². The Balaban J connectivity index is 1.34. The molecular formula is C26H20BrClO7. The summed E-state index contributed by atoms with van der Waals surface area (Å²) in [5.41, 5.74) is -0.0701. The molecule has 4 aromatic rings. The average Bonchev–Trinajstić information content (AvgIpc) is 2.85. The van der Waals surface area contributed by atoms with Gasteiger partial charge in [-0.2, -0.15) is 0 Å². The summed E-state index contributed by atoms with van der Waals surface area (Å²) < 4.78 is 28.1. The number of benzene rings is 3. The summed E-state index contributed by atoms with van der Waals surface area (Å²) in [5, 5.41) is 0.785. The first-order chi connectivity index (χ1) is 16.9. The van der Waals surface area contributed by atoms with Gasteiger partial charge in [0.1, 0.15) is 34.8 Å². The maximum atomic E-state index is 12.8. The van der Waals surface area contributed by atoms with Crippen LogP contribution in [0, 0.1) is 0 Å². The van der Waals surface area contributed by atoms with Crippen molar-refractivity contribution in [3.05, 3.63) is 86.6 Å². The summed E-state index contributed by atoms with van der Waals surface area (Å²) >= 11 is 9.44. The number of fused-ring (bicyclic) bond motifs is 1. The summed E-state index contributed by atoms with van der Waals surface area (Å²) in [4.78, 5) is 25.0. The Morgan fingerprint density at radius 3 is 2.46 bits per heavy atom. The van der Waals surface area contributed by atoms with Crippen LogP contribution in [0.4, 0.5) is 0 Å². The summed E-state index contributed by atoms with van der Waals surface area (Å²) in [5.74, 6) is 1.56. The minimum atomic E-state index is -0.434. The molecule has 0 spiro atoms. The molecule has 1 heterocycles. The zero-order valence-electron chi connectivity index (χ0n) is 18.6. The average molecular weight is 560 g/mol. The summed E-state index contributed by atoms with van der Waals surface area (Å²) in [6.45, 7) is 0.306. The van der Waals surface area contributed by atoms with Crippen molar-refractivity contribution in [3.8, 4) is 28.7 Å². The van der Waals surface area contributed by atoms with Gasteiger partial charge in [0.05, 0.1) is 24.1 Å². The second kappa shape index (κ2) is 11.3. The number of carbonyl (C=O) groups excluding carboxylic acids is 1. The van der Waals surface area contributed by atoms with Gasteiger partial charge in [-0.15, -0.1) is 0 Å². The monoisotopic (exact) mass is 558 g/mol. The van der Waals surface area contributed by atoms with Crippen molar-refractivity contribution in [2.45, 2.75) is 12.8 Å². The molecule has 0 atom stereocenters. The Bertz CT molecular complexity index is 1400. The molecule has 0 bridgehead atoms. The van der Waals surface area contributed by atoms with Crippen LogP contribution in [-0.2, 0) is 4.79 Å². The van der Waals surface area contributed by atoms with E-state index in [4.69, 9.17) is 35.0 Å². The SMILES string of the molecule is COc1ccc(Oc2coc3cc(OC(=O)CCCOc4ccc(Br)cc4Cl)ccc3c2=O)cc1. The van der Waals surface area contributed by atoms with E-state index in [1.807, 2.05) is 6.07 Å². The molecule has 0 N–H and O–H groups in total. The molecule has 0 saturated carbocycles.